The quantitative estimate of drug-likeness (QED) is 0.606. The van der Waals surface area contributed by atoms with Gasteiger partial charge in [0.2, 0.25) is 0 Å². The maximum atomic E-state index is 11.8. The Hall–Kier alpha value is -3.02. The number of nitrogens with one attached hydrogen (secondary N) is 2. The molecule has 0 aliphatic heterocycles. The Morgan fingerprint density at radius 1 is 1.08 bits per heavy atom. The van der Waals surface area contributed by atoms with E-state index in [2.05, 4.69) is 15.8 Å². The second-order valence-electron chi connectivity index (χ2n) is 5.16. The van der Waals surface area contributed by atoms with Crippen molar-refractivity contribution in [1.82, 2.24) is 5.43 Å². The Morgan fingerprint density at radius 2 is 1.71 bits per heavy atom. The number of amides is 1. The first kappa shape index (κ1) is 17.3. The smallest absolute Gasteiger partial charge is 0.259 e. The fraction of sp³-hybridized carbons (Fsp3) is 0.222. The maximum Gasteiger partial charge on any atom is 0.259 e. The molecule has 0 spiro atoms. The molecule has 0 heterocycles. The predicted molar refractivity (Wildman–Crippen MR) is 95.0 cm³/mol. The van der Waals surface area contributed by atoms with E-state index in [1.807, 2.05) is 31.2 Å². The van der Waals surface area contributed by atoms with Gasteiger partial charge in [0.25, 0.3) is 5.91 Å². The third-order valence-corrected chi connectivity index (χ3v) is 3.28. The first-order chi connectivity index (χ1) is 11.6. The average molecular weight is 327 g/mol. The minimum atomic E-state index is -0.235. The molecule has 24 heavy (non-hydrogen) atoms. The van der Waals surface area contributed by atoms with E-state index in [1.165, 1.54) is 11.8 Å². The summed E-state index contributed by atoms with van der Waals surface area (Å²) in [4.78, 5) is 11.8. The molecule has 0 saturated heterocycles. The van der Waals surface area contributed by atoms with Crippen LogP contribution < -0.4 is 20.2 Å². The van der Waals surface area contributed by atoms with Crippen molar-refractivity contribution in [2.45, 2.75) is 6.92 Å². The highest BCUT2D eigenvalue weighted by molar-refractivity contribution is 5.85. The molecule has 2 aromatic rings. The number of ether oxygens (including phenoxy) is 2. The summed E-state index contributed by atoms with van der Waals surface area (Å²) >= 11 is 0. The molecule has 0 aliphatic carbocycles. The zero-order chi connectivity index (χ0) is 17.4. The van der Waals surface area contributed by atoms with Gasteiger partial charge in [-0.05, 0) is 31.2 Å². The molecule has 6 heteroatoms. The summed E-state index contributed by atoms with van der Waals surface area (Å²) in [6.07, 6.45) is 1.54. The third kappa shape index (κ3) is 5.31. The molecular weight excluding hydrogens is 306 g/mol. The third-order valence-electron chi connectivity index (χ3n) is 3.28. The van der Waals surface area contributed by atoms with Crippen molar-refractivity contribution in [2.24, 2.45) is 5.10 Å². The number of hydrogen-bond acceptors (Lipinski definition) is 5. The number of anilines is 1. The molecule has 6 nitrogen and oxygen atoms in total. The summed E-state index contributed by atoms with van der Waals surface area (Å²) in [6, 6.07) is 13.2. The molecule has 0 aliphatic rings. The lowest BCUT2D eigenvalue weighted by Gasteiger charge is -2.06. The first-order valence-corrected chi connectivity index (χ1v) is 7.46. The van der Waals surface area contributed by atoms with E-state index in [4.69, 9.17) is 9.47 Å². The van der Waals surface area contributed by atoms with Gasteiger partial charge >= 0.3 is 0 Å². The lowest BCUT2D eigenvalue weighted by atomic mass is 10.2. The van der Waals surface area contributed by atoms with Gasteiger partial charge in [-0.3, -0.25) is 4.79 Å². The van der Waals surface area contributed by atoms with E-state index in [0.717, 1.165) is 11.3 Å². The van der Waals surface area contributed by atoms with Crippen LogP contribution in [0.25, 0.3) is 0 Å². The molecule has 0 radical (unpaired) electrons. The summed E-state index contributed by atoms with van der Waals surface area (Å²) in [5.74, 6) is 1.08. The van der Waals surface area contributed by atoms with E-state index in [9.17, 15) is 4.79 Å². The van der Waals surface area contributed by atoms with Gasteiger partial charge < -0.3 is 14.8 Å². The van der Waals surface area contributed by atoms with Crippen LogP contribution >= 0.6 is 0 Å². The fourth-order valence-electron chi connectivity index (χ4n) is 1.98. The van der Waals surface area contributed by atoms with Gasteiger partial charge in [0, 0.05) is 17.3 Å². The van der Waals surface area contributed by atoms with Crippen LogP contribution in [0, 0.1) is 6.92 Å². The van der Waals surface area contributed by atoms with Gasteiger partial charge in [0.05, 0.1) is 27.0 Å². The molecule has 0 saturated carbocycles. The maximum absolute atomic E-state index is 11.8. The number of methoxy groups -OCH3 is 2. The lowest BCUT2D eigenvalue weighted by molar-refractivity contribution is -0.119. The Balaban J connectivity index is 1.86. The first-order valence-electron chi connectivity index (χ1n) is 7.46. The molecule has 126 valence electrons. The molecule has 0 fully saturated rings. The highest BCUT2D eigenvalue weighted by atomic mass is 16.5. The molecule has 0 bridgehead atoms. The van der Waals surface area contributed by atoms with Crippen LogP contribution in [-0.4, -0.2) is 32.9 Å². The molecule has 0 atom stereocenters. The van der Waals surface area contributed by atoms with Crippen LogP contribution in [-0.2, 0) is 4.79 Å². The fourth-order valence-corrected chi connectivity index (χ4v) is 1.98. The molecule has 0 aromatic heterocycles. The number of carbonyl (C=O) groups excluding carboxylic acids is 1. The van der Waals surface area contributed by atoms with Crippen molar-refractivity contribution in [1.29, 1.82) is 0 Å². The average Bonchev–Trinajstić information content (AvgIpc) is 2.61. The molecule has 2 rings (SSSR count). The van der Waals surface area contributed by atoms with E-state index in [1.54, 1.807) is 32.4 Å². The summed E-state index contributed by atoms with van der Waals surface area (Å²) < 4.78 is 10.4. The lowest BCUT2D eigenvalue weighted by Crippen LogP contribution is -2.25. The monoisotopic (exact) mass is 327 g/mol. The van der Waals surface area contributed by atoms with Gasteiger partial charge in [-0.15, -0.1) is 0 Å². The minimum absolute atomic E-state index is 0.141. The van der Waals surface area contributed by atoms with Gasteiger partial charge in [-0.1, -0.05) is 17.7 Å². The zero-order valence-electron chi connectivity index (χ0n) is 14.0. The van der Waals surface area contributed by atoms with Crippen LogP contribution in [0.4, 0.5) is 5.69 Å². The number of benzene rings is 2. The van der Waals surface area contributed by atoms with Crippen LogP contribution in [0.5, 0.6) is 11.5 Å². The van der Waals surface area contributed by atoms with Gasteiger partial charge in [0.1, 0.15) is 11.5 Å². The van der Waals surface area contributed by atoms with Crippen LogP contribution in [0.2, 0.25) is 0 Å². The topological polar surface area (TPSA) is 72.0 Å². The van der Waals surface area contributed by atoms with Gasteiger partial charge in [-0.25, -0.2) is 5.43 Å². The van der Waals surface area contributed by atoms with Crippen LogP contribution in [0.15, 0.2) is 47.6 Å². The Labute approximate surface area is 141 Å². The molecule has 0 unspecified atom stereocenters. The minimum Gasteiger partial charge on any atom is -0.497 e. The Bertz CT molecular complexity index is 690. The number of hydrazone groups is 1. The van der Waals surface area contributed by atoms with E-state index in [0.29, 0.717) is 11.5 Å². The number of hydrogen-bond donors (Lipinski definition) is 2. The van der Waals surface area contributed by atoms with Crippen molar-refractivity contribution in [3.63, 3.8) is 0 Å². The largest absolute Gasteiger partial charge is 0.497 e. The van der Waals surface area contributed by atoms with Gasteiger partial charge in [0.15, 0.2) is 0 Å². The predicted octanol–water partition coefficient (Wildman–Crippen LogP) is 2.57. The SMILES string of the molecule is COc1cc(/C=N/NC(=O)CNc2ccc(C)cc2)cc(OC)c1. The zero-order valence-corrected chi connectivity index (χ0v) is 14.0. The summed E-state index contributed by atoms with van der Waals surface area (Å²) in [6.45, 7) is 2.15. The van der Waals surface area contributed by atoms with Gasteiger partial charge in [-0.2, -0.15) is 5.10 Å². The Kier molecular flexibility index (Phi) is 6.19. The van der Waals surface area contributed by atoms with Crippen LogP contribution in [0.3, 0.4) is 0 Å². The number of nitrogens with zero attached hydrogens (tertiary/aromatic N) is 1. The van der Waals surface area contributed by atoms with E-state index < -0.39 is 0 Å². The highest BCUT2D eigenvalue weighted by Crippen LogP contribution is 2.21. The van der Waals surface area contributed by atoms with Crippen molar-refractivity contribution in [3.05, 3.63) is 53.6 Å². The normalized spacial score (nSPS) is 10.5. The van der Waals surface area contributed by atoms with E-state index >= 15 is 0 Å². The van der Waals surface area contributed by atoms with Crippen molar-refractivity contribution in [2.75, 3.05) is 26.1 Å². The number of aryl methyl sites for hydroxylation is 1. The van der Waals surface area contributed by atoms with Crippen molar-refractivity contribution >= 4 is 17.8 Å². The standard InChI is InChI=1S/C18H21N3O3/c1-13-4-6-15(7-5-13)19-12-18(22)21-20-11-14-8-16(23-2)10-17(9-14)24-3/h4-11,19H,12H2,1-3H3,(H,21,22)/b20-11+. The molecule has 2 N–H and O–H groups in total. The molecule has 1 amide bonds. The van der Waals surface area contributed by atoms with E-state index in [-0.39, 0.29) is 12.5 Å². The summed E-state index contributed by atoms with van der Waals surface area (Å²) in [5, 5.41) is 6.97. The number of carbonyl (C=O) groups is 1. The second-order valence-corrected chi connectivity index (χ2v) is 5.16. The highest BCUT2D eigenvalue weighted by Gasteiger charge is 2.01. The Morgan fingerprint density at radius 3 is 2.29 bits per heavy atom. The summed E-state index contributed by atoms with van der Waals surface area (Å²) in [7, 11) is 3.16. The van der Waals surface area contributed by atoms with Crippen molar-refractivity contribution < 1.29 is 14.3 Å². The number of rotatable bonds is 7. The van der Waals surface area contributed by atoms with Crippen molar-refractivity contribution in [3.8, 4) is 11.5 Å². The summed E-state index contributed by atoms with van der Waals surface area (Å²) in [5.41, 5.74) is 5.29. The molecular formula is C18H21N3O3. The second kappa shape index (κ2) is 8.57. The molecule has 2 aromatic carbocycles. The van der Waals surface area contributed by atoms with Crippen LogP contribution in [0.1, 0.15) is 11.1 Å².